The molecule has 2 N–H and O–H groups in total. The van der Waals surface area contributed by atoms with E-state index in [1.54, 1.807) is 19.2 Å². The van der Waals surface area contributed by atoms with Gasteiger partial charge in [-0.2, -0.15) is 0 Å². The Hall–Kier alpha value is -2.20. The van der Waals surface area contributed by atoms with Gasteiger partial charge in [0.15, 0.2) is 11.5 Å². The van der Waals surface area contributed by atoms with Crippen LogP contribution < -0.4 is 15.0 Å². The maximum Gasteiger partial charge on any atom is 0.160 e. The molecular weight excluding hydrogens is 264 g/mol. The quantitative estimate of drug-likeness (QED) is 0.857. The minimum Gasteiger partial charge on any atom is -0.504 e. The number of nitrogens with one attached hydrogen (secondary N) is 1. The van der Waals surface area contributed by atoms with Gasteiger partial charge in [0.25, 0.3) is 0 Å². The standard InChI is InChI=1S/C17H22N2O2/c1-19(2)15-6-4-5-13(9-15)11-18-12-14-7-8-17(21-3)16(20)10-14/h4-10,18,20H,11-12H2,1-3H3. The first-order chi connectivity index (χ1) is 10.1. The van der Waals surface area contributed by atoms with Crippen LogP contribution in [0.2, 0.25) is 0 Å². The Morgan fingerprint density at radius 2 is 1.76 bits per heavy atom. The van der Waals surface area contributed by atoms with E-state index in [0.29, 0.717) is 12.3 Å². The zero-order chi connectivity index (χ0) is 15.2. The molecule has 0 radical (unpaired) electrons. The summed E-state index contributed by atoms with van der Waals surface area (Å²) in [7, 11) is 5.62. The van der Waals surface area contributed by atoms with E-state index < -0.39 is 0 Å². The molecule has 0 saturated heterocycles. The fraction of sp³-hybridized carbons (Fsp3) is 0.294. The van der Waals surface area contributed by atoms with E-state index in [2.05, 4.69) is 34.5 Å². The molecule has 112 valence electrons. The highest BCUT2D eigenvalue weighted by molar-refractivity contribution is 5.47. The van der Waals surface area contributed by atoms with Gasteiger partial charge < -0.3 is 20.1 Å². The fourth-order valence-electron chi connectivity index (χ4n) is 2.14. The Kier molecular flexibility index (Phi) is 5.06. The molecule has 2 rings (SSSR count). The molecule has 4 nitrogen and oxygen atoms in total. The third kappa shape index (κ3) is 4.13. The second-order valence-corrected chi connectivity index (χ2v) is 5.17. The predicted molar refractivity (Wildman–Crippen MR) is 86.0 cm³/mol. The molecule has 2 aromatic carbocycles. The molecule has 0 aliphatic rings. The lowest BCUT2D eigenvalue weighted by Gasteiger charge is -2.14. The Bertz CT molecular complexity index is 597. The average Bonchev–Trinajstić information content (AvgIpc) is 2.48. The summed E-state index contributed by atoms with van der Waals surface area (Å²) in [5.41, 5.74) is 3.45. The van der Waals surface area contributed by atoms with Crippen LogP contribution in [0.3, 0.4) is 0 Å². The summed E-state index contributed by atoms with van der Waals surface area (Å²) in [6.45, 7) is 1.48. The molecule has 21 heavy (non-hydrogen) atoms. The Morgan fingerprint density at radius 1 is 1.05 bits per heavy atom. The highest BCUT2D eigenvalue weighted by Crippen LogP contribution is 2.26. The fourth-order valence-corrected chi connectivity index (χ4v) is 2.14. The Labute approximate surface area is 126 Å². The van der Waals surface area contributed by atoms with Crippen molar-refractivity contribution in [2.45, 2.75) is 13.1 Å². The van der Waals surface area contributed by atoms with E-state index in [9.17, 15) is 5.11 Å². The van der Waals surface area contributed by atoms with Gasteiger partial charge >= 0.3 is 0 Å². The van der Waals surface area contributed by atoms with Gasteiger partial charge in [0.1, 0.15) is 0 Å². The van der Waals surface area contributed by atoms with E-state index in [0.717, 1.165) is 12.1 Å². The van der Waals surface area contributed by atoms with Crippen LogP contribution in [0.15, 0.2) is 42.5 Å². The molecule has 0 heterocycles. The summed E-state index contributed by atoms with van der Waals surface area (Å²) in [4.78, 5) is 2.09. The van der Waals surface area contributed by atoms with Crippen LogP contribution in [-0.4, -0.2) is 26.3 Å². The lowest BCUT2D eigenvalue weighted by atomic mass is 10.1. The number of nitrogens with zero attached hydrogens (tertiary/aromatic N) is 1. The lowest BCUT2D eigenvalue weighted by molar-refractivity contribution is 0.373. The van der Waals surface area contributed by atoms with E-state index >= 15 is 0 Å². The molecule has 0 aliphatic heterocycles. The molecule has 0 amide bonds. The van der Waals surface area contributed by atoms with Crippen molar-refractivity contribution >= 4 is 5.69 Å². The number of anilines is 1. The first kappa shape index (κ1) is 15.2. The molecule has 0 unspecified atom stereocenters. The van der Waals surface area contributed by atoms with E-state index in [1.807, 2.05) is 20.2 Å². The molecule has 2 aromatic rings. The second kappa shape index (κ2) is 6.99. The Morgan fingerprint density at radius 3 is 2.38 bits per heavy atom. The molecule has 0 saturated carbocycles. The smallest absolute Gasteiger partial charge is 0.160 e. The monoisotopic (exact) mass is 286 g/mol. The zero-order valence-electron chi connectivity index (χ0n) is 12.8. The molecule has 0 fully saturated rings. The summed E-state index contributed by atoms with van der Waals surface area (Å²) < 4.78 is 5.03. The van der Waals surface area contributed by atoms with Gasteiger partial charge in [0, 0.05) is 32.9 Å². The minimum atomic E-state index is 0.173. The van der Waals surface area contributed by atoms with Gasteiger partial charge in [-0.1, -0.05) is 18.2 Å². The predicted octanol–water partition coefficient (Wildman–Crippen LogP) is 2.76. The maximum atomic E-state index is 9.75. The molecule has 0 bridgehead atoms. The van der Waals surface area contributed by atoms with Crippen molar-refractivity contribution in [1.82, 2.24) is 5.32 Å². The van der Waals surface area contributed by atoms with Crippen molar-refractivity contribution < 1.29 is 9.84 Å². The van der Waals surface area contributed by atoms with Crippen molar-refractivity contribution in [2.24, 2.45) is 0 Å². The van der Waals surface area contributed by atoms with Crippen LogP contribution in [-0.2, 0) is 13.1 Å². The van der Waals surface area contributed by atoms with Gasteiger partial charge in [-0.05, 0) is 35.4 Å². The number of rotatable bonds is 6. The average molecular weight is 286 g/mol. The number of phenols is 1. The van der Waals surface area contributed by atoms with Crippen LogP contribution in [0.1, 0.15) is 11.1 Å². The summed E-state index contributed by atoms with van der Waals surface area (Å²) in [6.07, 6.45) is 0. The number of methoxy groups -OCH3 is 1. The first-order valence-electron chi connectivity index (χ1n) is 6.93. The van der Waals surface area contributed by atoms with Crippen molar-refractivity contribution in [2.75, 3.05) is 26.1 Å². The van der Waals surface area contributed by atoms with E-state index in [1.165, 1.54) is 11.3 Å². The van der Waals surface area contributed by atoms with Gasteiger partial charge in [0.2, 0.25) is 0 Å². The lowest BCUT2D eigenvalue weighted by Crippen LogP contribution is -2.14. The topological polar surface area (TPSA) is 44.7 Å². The van der Waals surface area contributed by atoms with Gasteiger partial charge in [-0.25, -0.2) is 0 Å². The van der Waals surface area contributed by atoms with Crippen molar-refractivity contribution in [3.05, 3.63) is 53.6 Å². The number of hydrogen-bond acceptors (Lipinski definition) is 4. The zero-order valence-corrected chi connectivity index (χ0v) is 12.8. The third-order valence-corrected chi connectivity index (χ3v) is 3.33. The highest BCUT2D eigenvalue weighted by atomic mass is 16.5. The first-order valence-corrected chi connectivity index (χ1v) is 6.93. The Balaban J connectivity index is 1.92. The van der Waals surface area contributed by atoms with E-state index in [4.69, 9.17) is 4.74 Å². The van der Waals surface area contributed by atoms with Crippen LogP contribution in [0, 0.1) is 0 Å². The van der Waals surface area contributed by atoms with E-state index in [-0.39, 0.29) is 5.75 Å². The molecule has 0 aromatic heterocycles. The molecular formula is C17H22N2O2. The van der Waals surface area contributed by atoms with Crippen molar-refractivity contribution in [3.8, 4) is 11.5 Å². The van der Waals surface area contributed by atoms with Crippen LogP contribution in [0.4, 0.5) is 5.69 Å². The minimum absolute atomic E-state index is 0.173. The summed E-state index contributed by atoms with van der Waals surface area (Å²) >= 11 is 0. The van der Waals surface area contributed by atoms with Crippen molar-refractivity contribution in [3.63, 3.8) is 0 Å². The number of ether oxygens (including phenoxy) is 1. The highest BCUT2D eigenvalue weighted by Gasteiger charge is 2.02. The molecule has 0 spiro atoms. The van der Waals surface area contributed by atoms with Crippen LogP contribution in [0.5, 0.6) is 11.5 Å². The largest absolute Gasteiger partial charge is 0.504 e. The van der Waals surface area contributed by atoms with Gasteiger partial charge in [-0.3, -0.25) is 0 Å². The van der Waals surface area contributed by atoms with Gasteiger partial charge in [-0.15, -0.1) is 0 Å². The molecule has 0 aliphatic carbocycles. The maximum absolute atomic E-state index is 9.75. The second-order valence-electron chi connectivity index (χ2n) is 5.17. The normalized spacial score (nSPS) is 10.4. The summed E-state index contributed by atoms with van der Waals surface area (Å²) in [6, 6.07) is 13.9. The summed E-state index contributed by atoms with van der Waals surface area (Å²) in [5, 5.41) is 13.1. The van der Waals surface area contributed by atoms with Crippen molar-refractivity contribution in [1.29, 1.82) is 0 Å². The number of phenolic OH excluding ortho intramolecular Hbond substituents is 1. The number of hydrogen-bond donors (Lipinski definition) is 2. The number of aromatic hydroxyl groups is 1. The summed E-state index contributed by atoms with van der Waals surface area (Å²) in [5.74, 6) is 0.670. The third-order valence-electron chi connectivity index (χ3n) is 3.33. The number of benzene rings is 2. The van der Waals surface area contributed by atoms with Crippen LogP contribution in [0.25, 0.3) is 0 Å². The molecule has 4 heteroatoms. The van der Waals surface area contributed by atoms with Crippen LogP contribution >= 0.6 is 0 Å². The SMILES string of the molecule is COc1ccc(CNCc2cccc(N(C)C)c2)cc1O. The van der Waals surface area contributed by atoms with Gasteiger partial charge in [0.05, 0.1) is 7.11 Å². The molecule has 0 atom stereocenters.